The molecule has 1 aliphatic heterocycles. The lowest BCUT2D eigenvalue weighted by Crippen LogP contribution is -2.19. The van der Waals surface area contributed by atoms with Crippen molar-refractivity contribution < 1.29 is 4.74 Å². The SMILES string of the molecule is CC1CCC(N)CCO1. The zero-order valence-electron chi connectivity index (χ0n) is 5.97. The Kier molecular flexibility index (Phi) is 2.49. The summed E-state index contributed by atoms with van der Waals surface area (Å²) in [5.74, 6) is 0. The second-order valence-corrected chi connectivity index (χ2v) is 2.81. The van der Waals surface area contributed by atoms with E-state index in [0.717, 1.165) is 25.9 Å². The average molecular weight is 129 g/mol. The predicted molar refractivity (Wildman–Crippen MR) is 37.2 cm³/mol. The van der Waals surface area contributed by atoms with Gasteiger partial charge in [0.1, 0.15) is 0 Å². The van der Waals surface area contributed by atoms with Crippen molar-refractivity contribution in [3.8, 4) is 0 Å². The standard InChI is InChI=1S/C7H15NO/c1-6-2-3-7(8)4-5-9-6/h6-7H,2-5,8H2,1H3. The third kappa shape index (κ3) is 2.33. The highest BCUT2D eigenvalue weighted by Crippen LogP contribution is 2.11. The number of ether oxygens (including phenoxy) is 1. The van der Waals surface area contributed by atoms with Crippen molar-refractivity contribution in [2.45, 2.75) is 38.3 Å². The van der Waals surface area contributed by atoms with Crippen LogP contribution < -0.4 is 5.73 Å². The maximum Gasteiger partial charge on any atom is 0.0547 e. The van der Waals surface area contributed by atoms with Crippen molar-refractivity contribution in [1.29, 1.82) is 0 Å². The average Bonchev–Trinajstić information content (AvgIpc) is 1.97. The zero-order valence-corrected chi connectivity index (χ0v) is 5.97. The first-order valence-electron chi connectivity index (χ1n) is 3.66. The molecule has 0 aromatic rings. The van der Waals surface area contributed by atoms with Gasteiger partial charge in [-0.15, -0.1) is 0 Å². The Hall–Kier alpha value is -0.0800. The van der Waals surface area contributed by atoms with Crippen LogP contribution in [0.5, 0.6) is 0 Å². The fourth-order valence-electron chi connectivity index (χ4n) is 1.10. The first kappa shape index (κ1) is 7.03. The van der Waals surface area contributed by atoms with E-state index in [9.17, 15) is 0 Å². The van der Waals surface area contributed by atoms with Gasteiger partial charge < -0.3 is 10.5 Å². The first-order chi connectivity index (χ1) is 4.29. The van der Waals surface area contributed by atoms with E-state index in [1.807, 2.05) is 0 Å². The summed E-state index contributed by atoms with van der Waals surface area (Å²) in [6, 6.07) is 0.384. The summed E-state index contributed by atoms with van der Waals surface area (Å²) in [7, 11) is 0. The monoisotopic (exact) mass is 129 g/mol. The molecule has 1 fully saturated rings. The minimum Gasteiger partial charge on any atom is -0.378 e. The Labute approximate surface area is 56.4 Å². The second-order valence-electron chi connectivity index (χ2n) is 2.81. The van der Waals surface area contributed by atoms with Gasteiger partial charge in [0.25, 0.3) is 0 Å². The maximum atomic E-state index is 5.72. The minimum atomic E-state index is 0.384. The molecule has 0 spiro atoms. The van der Waals surface area contributed by atoms with Gasteiger partial charge in [0.2, 0.25) is 0 Å². The first-order valence-corrected chi connectivity index (χ1v) is 3.66. The minimum absolute atomic E-state index is 0.384. The number of nitrogens with two attached hydrogens (primary N) is 1. The highest BCUT2D eigenvalue weighted by atomic mass is 16.5. The molecule has 1 saturated heterocycles. The molecule has 9 heavy (non-hydrogen) atoms. The van der Waals surface area contributed by atoms with Crippen LogP contribution in [0.25, 0.3) is 0 Å². The van der Waals surface area contributed by atoms with Gasteiger partial charge in [0.05, 0.1) is 6.10 Å². The smallest absolute Gasteiger partial charge is 0.0547 e. The Bertz CT molecular complexity index is 75.0. The second kappa shape index (κ2) is 3.18. The van der Waals surface area contributed by atoms with E-state index in [1.54, 1.807) is 0 Å². The van der Waals surface area contributed by atoms with Crippen LogP contribution in [0.1, 0.15) is 26.2 Å². The van der Waals surface area contributed by atoms with Gasteiger partial charge in [0, 0.05) is 12.6 Å². The van der Waals surface area contributed by atoms with Gasteiger partial charge in [0.15, 0.2) is 0 Å². The molecule has 0 saturated carbocycles. The van der Waals surface area contributed by atoms with E-state index in [4.69, 9.17) is 10.5 Å². The Morgan fingerprint density at radius 1 is 1.33 bits per heavy atom. The molecule has 54 valence electrons. The van der Waals surface area contributed by atoms with Gasteiger partial charge in [-0.2, -0.15) is 0 Å². The lowest BCUT2D eigenvalue weighted by atomic mass is 10.1. The summed E-state index contributed by atoms with van der Waals surface area (Å²) >= 11 is 0. The van der Waals surface area contributed by atoms with Crippen LogP contribution in [0, 0.1) is 0 Å². The number of hydrogen-bond donors (Lipinski definition) is 1. The van der Waals surface area contributed by atoms with Crippen molar-refractivity contribution in [1.82, 2.24) is 0 Å². The quantitative estimate of drug-likeness (QED) is 0.527. The van der Waals surface area contributed by atoms with Gasteiger partial charge in [-0.05, 0) is 26.2 Å². The molecule has 2 N–H and O–H groups in total. The molecule has 2 atom stereocenters. The number of hydrogen-bond acceptors (Lipinski definition) is 2. The molecule has 1 heterocycles. The molecule has 2 unspecified atom stereocenters. The van der Waals surface area contributed by atoms with E-state index in [-0.39, 0.29) is 0 Å². The fraction of sp³-hybridized carbons (Fsp3) is 1.00. The highest BCUT2D eigenvalue weighted by molar-refractivity contribution is 4.67. The van der Waals surface area contributed by atoms with Gasteiger partial charge in [-0.25, -0.2) is 0 Å². The largest absolute Gasteiger partial charge is 0.378 e. The van der Waals surface area contributed by atoms with Crippen molar-refractivity contribution in [2.75, 3.05) is 6.61 Å². The van der Waals surface area contributed by atoms with E-state index in [2.05, 4.69) is 6.92 Å². The summed E-state index contributed by atoms with van der Waals surface area (Å²) in [6.45, 7) is 2.96. The van der Waals surface area contributed by atoms with Gasteiger partial charge in [-0.3, -0.25) is 0 Å². The predicted octanol–water partition coefficient (Wildman–Crippen LogP) is 0.903. The van der Waals surface area contributed by atoms with Crippen LogP contribution in [-0.4, -0.2) is 18.8 Å². The van der Waals surface area contributed by atoms with Crippen molar-refractivity contribution >= 4 is 0 Å². The number of rotatable bonds is 0. The molecule has 0 aromatic heterocycles. The molecule has 0 bridgehead atoms. The van der Waals surface area contributed by atoms with Crippen LogP contribution in [0.15, 0.2) is 0 Å². The lowest BCUT2D eigenvalue weighted by Gasteiger charge is -2.05. The molecule has 2 nitrogen and oxygen atoms in total. The van der Waals surface area contributed by atoms with E-state index in [1.165, 1.54) is 0 Å². The van der Waals surface area contributed by atoms with Crippen LogP contribution in [0.3, 0.4) is 0 Å². The molecular weight excluding hydrogens is 114 g/mol. The molecule has 0 aliphatic carbocycles. The molecule has 1 rings (SSSR count). The molecule has 2 heteroatoms. The summed E-state index contributed by atoms with van der Waals surface area (Å²) in [4.78, 5) is 0. The van der Waals surface area contributed by atoms with Crippen molar-refractivity contribution in [2.24, 2.45) is 5.73 Å². The lowest BCUT2D eigenvalue weighted by molar-refractivity contribution is 0.0718. The Morgan fingerprint density at radius 3 is 2.89 bits per heavy atom. The molecule has 0 radical (unpaired) electrons. The summed E-state index contributed by atoms with van der Waals surface area (Å²) in [5, 5.41) is 0. The van der Waals surface area contributed by atoms with E-state index >= 15 is 0 Å². The van der Waals surface area contributed by atoms with Gasteiger partial charge >= 0.3 is 0 Å². The molecular formula is C7H15NO. The van der Waals surface area contributed by atoms with Crippen LogP contribution in [-0.2, 0) is 4.74 Å². The molecule has 0 amide bonds. The third-order valence-corrected chi connectivity index (χ3v) is 1.83. The third-order valence-electron chi connectivity index (χ3n) is 1.83. The van der Waals surface area contributed by atoms with Crippen LogP contribution >= 0.6 is 0 Å². The summed E-state index contributed by atoms with van der Waals surface area (Å²) < 4.78 is 5.39. The summed E-state index contributed by atoms with van der Waals surface area (Å²) in [6.07, 6.45) is 3.71. The van der Waals surface area contributed by atoms with Crippen LogP contribution in [0.4, 0.5) is 0 Å². The topological polar surface area (TPSA) is 35.2 Å². The Morgan fingerprint density at radius 2 is 2.11 bits per heavy atom. The highest BCUT2D eigenvalue weighted by Gasteiger charge is 2.11. The maximum absolute atomic E-state index is 5.72. The van der Waals surface area contributed by atoms with Crippen molar-refractivity contribution in [3.63, 3.8) is 0 Å². The molecule has 0 aromatic carbocycles. The van der Waals surface area contributed by atoms with Gasteiger partial charge in [-0.1, -0.05) is 0 Å². The van der Waals surface area contributed by atoms with E-state index in [0.29, 0.717) is 12.1 Å². The van der Waals surface area contributed by atoms with E-state index < -0.39 is 0 Å². The Balaban J connectivity index is 2.25. The van der Waals surface area contributed by atoms with Crippen molar-refractivity contribution in [3.05, 3.63) is 0 Å². The summed E-state index contributed by atoms with van der Waals surface area (Å²) in [5.41, 5.74) is 5.72. The zero-order chi connectivity index (χ0) is 6.69. The normalized spacial score (nSPS) is 38.0. The van der Waals surface area contributed by atoms with Crippen LogP contribution in [0.2, 0.25) is 0 Å². The molecule has 1 aliphatic rings. The fourth-order valence-corrected chi connectivity index (χ4v) is 1.10.